The van der Waals surface area contributed by atoms with Gasteiger partial charge in [0.25, 0.3) is 0 Å². The van der Waals surface area contributed by atoms with E-state index < -0.39 is 0 Å². The van der Waals surface area contributed by atoms with Gasteiger partial charge in [-0.25, -0.2) is 0 Å². The van der Waals surface area contributed by atoms with E-state index in [0.717, 1.165) is 71.6 Å². The summed E-state index contributed by atoms with van der Waals surface area (Å²) in [7, 11) is 0. The zero-order chi connectivity index (χ0) is 35.8. The molecule has 0 fully saturated rings. The Kier molecular flexibility index (Phi) is 8.30. The van der Waals surface area contributed by atoms with Gasteiger partial charge in [0.2, 0.25) is 0 Å². The van der Waals surface area contributed by atoms with Crippen molar-refractivity contribution in [2.45, 2.75) is 38.0 Å². The van der Waals surface area contributed by atoms with Crippen molar-refractivity contribution in [3.8, 4) is 22.3 Å². The van der Waals surface area contributed by atoms with E-state index >= 15 is 0 Å². The second-order valence-corrected chi connectivity index (χ2v) is 14.6. The fourth-order valence-electron chi connectivity index (χ4n) is 8.66. The van der Waals surface area contributed by atoms with Crippen LogP contribution in [0.1, 0.15) is 59.6 Å². The van der Waals surface area contributed by atoms with Gasteiger partial charge in [-0.1, -0.05) is 146 Å². The molecule has 2 heteroatoms. The molecule has 2 nitrogen and oxygen atoms in total. The molecule has 10 rings (SSSR count). The van der Waals surface area contributed by atoms with Gasteiger partial charge in [-0.15, -0.1) is 0 Å². The highest BCUT2D eigenvalue weighted by Crippen LogP contribution is 2.44. The summed E-state index contributed by atoms with van der Waals surface area (Å²) in [6.07, 6.45) is 19.1. The number of hydrogen-bond donors (Lipinski definition) is 0. The predicted octanol–water partition coefficient (Wildman–Crippen LogP) is 14.4. The van der Waals surface area contributed by atoms with Crippen molar-refractivity contribution in [3.63, 3.8) is 0 Å². The van der Waals surface area contributed by atoms with Crippen molar-refractivity contribution in [3.05, 3.63) is 210 Å². The monoisotopic (exact) mass is 695 g/mol. The minimum absolute atomic E-state index is 0.357. The summed E-state index contributed by atoms with van der Waals surface area (Å²) in [4.78, 5) is 2.37. The van der Waals surface area contributed by atoms with Crippen LogP contribution >= 0.6 is 0 Å². The second kappa shape index (κ2) is 13.9. The zero-order valence-corrected chi connectivity index (χ0v) is 30.3. The van der Waals surface area contributed by atoms with Crippen molar-refractivity contribution in [1.82, 2.24) is 0 Å². The first-order valence-corrected chi connectivity index (χ1v) is 19.3. The van der Waals surface area contributed by atoms with E-state index in [1.165, 1.54) is 49.9 Å². The molecule has 1 atom stereocenters. The Morgan fingerprint density at radius 1 is 0.537 bits per heavy atom. The van der Waals surface area contributed by atoms with Crippen LogP contribution in [0, 0.1) is 0 Å². The van der Waals surface area contributed by atoms with E-state index in [0.29, 0.717) is 5.92 Å². The maximum atomic E-state index is 6.83. The molecule has 0 spiro atoms. The number of furan rings is 1. The summed E-state index contributed by atoms with van der Waals surface area (Å²) in [5, 5.41) is 1.23. The topological polar surface area (TPSA) is 16.4 Å². The van der Waals surface area contributed by atoms with E-state index in [1.54, 1.807) is 0 Å². The van der Waals surface area contributed by atoms with E-state index in [-0.39, 0.29) is 0 Å². The molecule has 3 aliphatic rings. The Balaban J connectivity index is 1.02. The summed E-state index contributed by atoms with van der Waals surface area (Å²) in [6.45, 7) is 0. The molecule has 260 valence electrons. The zero-order valence-electron chi connectivity index (χ0n) is 30.3. The van der Waals surface area contributed by atoms with Crippen molar-refractivity contribution >= 4 is 39.7 Å². The third-order valence-electron chi connectivity index (χ3n) is 11.4. The SMILES string of the molecule is C1=CC(C2=CCCc3c2oc2c(-c4ccc(N(c5ccc(-c6ccccc6)cc5)c5ccc(C6CC=Cc7ccccc76)cc5)cc4)cccc32)=CCC1. The van der Waals surface area contributed by atoms with Gasteiger partial charge in [-0.05, 0) is 107 Å². The van der Waals surface area contributed by atoms with Crippen molar-refractivity contribution in [2.24, 2.45) is 0 Å². The molecule has 1 aromatic heterocycles. The van der Waals surface area contributed by atoms with E-state index in [1.807, 2.05) is 0 Å². The van der Waals surface area contributed by atoms with Gasteiger partial charge in [0, 0.05) is 45.1 Å². The molecule has 0 saturated carbocycles. The molecule has 7 aromatic rings. The van der Waals surface area contributed by atoms with Crippen LogP contribution < -0.4 is 4.90 Å². The molecule has 3 aliphatic carbocycles. The van der Waals surface area contributed by atoms with Crippen molar-refractivity contribution < 1.29 is 4.42 Å². The fraction of sp³-hybridized carbons (Fsp3) is 0.115. The maximum absolute atomic E-state index is 6.83. The Labute approximate surface area is 317 Å². The second-order valence-electron chi connectivity index (χ2n) is 14.6. The third-order valence-corrected chi connectivity index (χ3v) is 11.4. The first kappa shape index (κ1) is 32.3. The first-order valence-electron chi connectivity index (χ1n) is 19.3. The fourth-order valence-corrected chi connectivity index (χ4v) is 8.66. The molecule has 0 saturated heterocycles. The Morgan fingerprint density at radius 2 is 1.24 bits per heavy atom. The number of benzene rings is 6. The number of anilines is 3. The van der Waals surface area contributed by atoms with Crippen molar-refractivity contribution in [2.75, 3.05) is 4.90 Å². The summed E-state index contributed by atoms with van der Waals surface area (Å²) in [5.41, 5.74) is 17.0. The van der Waals surface area contributed by atoms with Gasteiger partial charge in [-0.3, -0.25) is 0 Å². The smallest absolute Gasteiger partial charge is 0.142 e. The molecule has 6 aromatic carbocycles. The van der Waals surface area contributed by atoms with Gasteiger partial charge in [-0.2, -0.15) is 0 Å². The van der Waals surface area contributed by atoms with Crippen LogP contribution in [0.5, 0.6) is 0 Å². The minimum Gasteiger partial charge on any atom is -0.455 e. The quantitative estimate of drug-likeness (QED) is 0.165. The van der Waals surface area contributed by atoms with E-state index in [2.05, 4.69) is 187 Å². The number of para-hydroxylation sites is 1. The maximum Gasteiger partial charge on any atom is 0.142 e. The van der Waals surface area contributed by atoms with E-state index in [9.17, 15) is 0 Å². The lowest BCUT2D eigenvalue weighted by atomic mass is 9.82. The summed E-state index contributed by atoms with van der Waals surface area (Å²) in [6, 6.07) is 53.1. The first-order chi connectivity index (χ1) is 26.8. The summed E-state index contributed by atoms with van der Waals surface area (Å²) < 4.78 is 6.83. The molecule has 0 N–H and O–H groups in total. The van der Waals surface area contributed by atoms with Gasteiger partial charge in [0.1, 0.15) is 11.3 Å². The largest absolute Gasteiger partial charge is 0.455 e. The molecule has 0 bridgehead atoms. The van der Waals surface area contributed by atoms with Gasteiger partial charge in [0.05, 0.1) is 0 Å². The molecular weight excluding hydrogens is 655 g/mol. The number of allylic oxidation sites excluding steroid dienone is 7. The normalized spacial score (nSPS) is 16.0. The standard InChI is InChI=1S/C52H41NO/c1-3-12-36(13-4-1)37-24-30-42(31-25-37)53(43-32-26-40(27-33-43)46-19-9-17-38-16-7-8-18-45(38)46)44-34-28-41(29-35-44)48-21-11-23-50-49-22-10-20-47(51(49)54-52(48)50)39-14-5-2-6-15-39/h1,3-5,7-9,11-18,20-21,23-35,46H,2,6,10,19,22H2. The number of rotatable bonds is 7. The molecule has 1 unspecified atom stereocenters. The number of nitrogens with zero attached hydrogens (tertiary/aromatic N) is 1. The molecule has 1 heterocycles. The highest BCUT2D eigenvalue weighted by molar-refractivity contribution is 5.99. The lowest BCUT2D eigenvalue weighted by molar-refractivity contribution is 0.592. The van der Waals surface area contributed by atoms with Crippen LogP contribution in [-0.4, -0.2) is 0 Å². The Morgan fingerprint density at radius 3 is 2.00 bits per heavy atom. The predicted molar refractivity (Wildman–Crippen MR) is 226 cm³/mol. The average Bonchev–Trinajstić information content (AvgIpc) is 3.64. The highest BCUT2D eigenvalue weighted by Gasteiger charge is 2.25. The summed E-state index contributed by atoms with van der Waals surface area (Å²) in [5.74, 6) is 1.40. The minimum atomic E-state index is 0.357. The molecule has 0 amide bonds. The van der Waals surface area contributed by atoms with Crippen LogP contribution in [0.3, 0.4) is 0 Å². The highest BCUT2D eigenvalue weighted by atomic mass is 16.3. The Bertz CT molecular complexity index is 2600. The molecule has 0 aliphatic heterocycles. The van der Waals surface area contributed by atoms with Gasteiger partial charge < -0.3 is 9.32 Å². The number of fused-ring (bicyclic) bond motifs is 4. The average molecular weight is 696 g/mol. The van der Waals surface area contributed by atoms with Crippen LogP contribution in [-0.2, 0) is 6.42 Å². The molecular formula is C52H41NO. The Hall–Kier alpha value is -6.38. The lowest BCUT2D eigenvalue weighted by Crippen LogP contribution is -2.11. The summed E-state index contributed by atoms with van der Waals surface area (Å²) >= 11 is 0. The third kappa shape index (κ3) is 5.85. The number of hydrogen-bond acceptors (Lipinski definition) is 2. The van der Waals surface area contributed by atoms with Crippen molar-refractivity contribution in [1.29, 1.82) is 0 Å². The van der Waals surface area contributed by atoms with Crippen LogP contribution in [0.4, 0.5) is 17.1 Å². The van der Waals surface area contributed by atoms with E-state index in [4.69, 9.17) is 4.42 Å². The van der Waals surface area contributed by atoms with Crippen LogP contribution in [0.2, 0.25) is 0 Å². The number of aryl methyl sites for hydroxylation is 1. The van der Waals surface area contributed by atoms with Gasteiger partial charge >= 0.3 is 0 Å². The lowest BCUT2D eigenvalue weighted by Gasteiger charge is -2.27. The molecule has 54 heavy (non-hydrogen) atoms. The van der Waals surface area contributed by atoms with Crippen LogP contribution in [0.25, 0.3) is 44.9 Å². The molecule has 0 radical (unpaired) electrons. The van der Waals surface area contributed by atoms with Crippen LogP contribution in [0.15, 0.2) is 186 Å². The van der Waals surface area contributed by atoms with Gasteiger partial charge in [0.15, 0.2) is 0 Å².